The van der Waals surface area contributed by atoms with Crippen LogP contribution in [-0.4, -0.2) is 58.3 Å². The fourth-order valence-electron chi connectivity index (χ4n) is 2.99. The number of hydrogen-bond donors (Lipinski definition) is 0. The highest BCUT2D eigenvalue weighted by Gasteiger charge is 2.35. The lowest BCUT2D eigenvalue weighted by Crippen LogP contribution is -2.42. The third-order valence-corrected chi connectivity index (χ3v) is 6.11. The van der Waals surface area contributed by atoms with Gasteiger partial charge in [0.15, 0.2) is 15.5 Å². The minimum atomic E-state index is -3.05. The fraction of sp³-hybridized carbons (Fsp3) is 0.471. The van der Waals surface area contributed by atoms with Crippen molar-refractivity contribution in [2.75, 3.05) is 18.1 Å². The van der Waals surface area contributed by atoms with Crippen molar-refractivity contribution in [1.29, 1.82) is 0 Å². The number of para-hydroxylation sites is 1. The van der Waals surface area contributed by atoms with Crippen LogP contribution in [0.3, 0.4) is 0 Å². The Balaban J connectivity index is 1.81. The summed E-state index contributed by atoms with van der Waals surface area (Å²) in [5.41, 5.74) is 1.01. The molecule has 8 heteroatoms. The van der Waals surface area contributed by atoms with Gasteiger partial charge in [-0.2, -0.15) is 9.90 Å². The van der Waals surface area contributed by atoms with Gasteiger partial charge < -0.3 is 4.90 Å². The van der Waals surface area contributed by atoms with Gasteiger partial charge in [-0.15, -0.1) is 5.10 Å². The highest BCUT2D eigenvalue weighted by molar-refractivity contribution is 7.91. The Labute approximate surface area is 147 Å². The topological polar surface area (TPSA) is 85.2 Å². The maximum atomic E-state index is 12.9. The predicted octanol–water partition coefficient (Wildman–Crippen LogP) is 1.70. The van der Waals surface area contributed by atoms with E-state index in [2.05, 4.69) is 10.2 Å². The minimum absolute atomic E-state index is 0.0370. The number of unbranched alkanes of at least 4 members (excludes halogenated alkanes) is 1. The van der Waals surface area contributed by atoms with Crippen LogP contribution >= 0.6 is 0 Å². The van der Waals surface area contributed by atoms with Crippen LogP contribution < -0.4 is 0 Å². The third-order valence-electron chi connectivity index (χ3n) is 4.36. The van der Waals surface area contributed by atoms with E-state index in [1.165, 1.54) is 11.0 Å². The summed E-state index contributed by atoms with van der Waals surface area (Å²) in [5.74, 6) is -0.0720. The molecule has 3 rings (SSSR count). The number of aromatic nitrogens is 3. The fourth-order valence-corrected chi connectivity index (χ4v) is 4.72. The highest BCUT2D eigenvalue weighted by atomic mass is 32.2. The van der Waals surface area contributed by atoms with E-state index in [0.29, 0.717) is 13.0 Å². The zero-order valence-electron chi connectivity index (χ0n) is 14.2. The Kier molecular flexibility index (Phi) is 5.17. The largest absolute Gasteiger partial charge is 0.333 e. The van der Waals surface area contributed by atoms with E-state index in [-0.39, 0.29) is 29.1 Å². The summed E-state index contributed by atoms with van der Waals surface area (Å²) in [5, 5.41) is 8.45. The molecular formula is C17H22N4O3S. The van der Waals surface area contributed by atoms with Crippen LogP contribution in [0.5, 0.6) is 0 Å². The molecule has 0 radical (unpaired) electrons. The smallest absolute Gasteiger partial charge is 0.276 e. The molecule has 7 nitrogen and oxygen atoms in total. The first-order chi connectivity index (χ1) is 12.0. The van der Waals surface area contributed by atoms with Crippen LogP contribution in [0.25, 0.3) is 5.69 Å². The molecule has 1 aliphatic heterocycles. The van der Waals surface area contributed by atoms with Crippen molar-refractivity contribution in [3.05, 3.63) is 42.2 Å². The van der Waals surface area contributed by atoms with Gasteiger partial charge in [-0.25, -0.2) is 8.42 Å². The molecule has 1 fully saturated rings. The summed E-state index contributed by atoms with van der Waals surface area (Å²) < 4.78 is 23.6. The number of nitrogens with zero attached hydrogens (tertiary/aromatic N) is 4. The molecule has 0 saturated carbocycles. The molecule has 1 aromatic carbocycles. The molecular weight excluding hydrogens is 340 g/mol. The van der Waals surface area contributed by atoms with E-state index < -0.39 is 9.84 Å². The van der Waals surface area contributed by atoms with Gasteiger partial charge in [0.25, 0.3) is 5.91 Å². The minimum Gasteiger partial charge on any atom is -0.333 e. The van der Waals surface area contributed by atoms with E-state index >= 15 is 0 Å². The molecule has 134 valence electrons. The van der Waals surface area contributed by atoms with Crippen molar-refractivity contribution in [2.45, 2.75) is 32.2 Å². The van der Waals surface area contributed by atoms with Crippen LogP contribution in [0.1, 0.15) is 36.7 Å². The first-order valence-corrected chi connectivity index (χ1v) is 10.3. The van der Waals surface area contributed by atoms with Crippen molar-refractivity contribution in [1.82, 2.24) is 19.9 Å². The van der Waals surface area contributed by atoms with Gasteiger partial charge in [0.2, 0.25) is 0 Å². The van der Waals surface area contributed by atoms with E-state index in [4.69, 9.17) is 0 Å². The molecule has 1 aliphatic rings. The molecule has 1 aromatic heterocycles. The van der Waals surface area contributed by atoms with Crippen molar-refractivity contribution in [2.24, 2.45) is 0 Å². The lowest BCUT2D eigenvalue weighted by atomic mass is 10.2. The summed E-state index contributed by atoms with van der Waals surface area (Å²) in [7, 11) is -3.05. The molecule has 0 spiro atoms. The van der Waals surface area contributed by atoms with Crippen LogP contribution in [0.4, 0.5) is 0 Å². The third kappa shape index (κ3) is 4.07. The van der Waals surface area contributed by atoms with Crippen LogP contribution in [-0.2, 0) is 9.84 Å². The highest BCUT2D eigenvalue weighted by Crippen LogP contribution is 2.20. The van der Waals surface area contributed by atoms with Crippen molar-refractivity contribution < 1.29 is 13.2 Å². The first-order valence-electron chi connectivity index (χ1n) is 8.49. The lowest BCUT2D eigenvalue weighted by Gasteiger charge is -2.27. The zero-order chi connectivity index (χ0) is 17.9. The van der Waals surface area contributed by atoms with Gasteiger partial charge in [0.05, 0.1) is 23.4 Å². The zero-order valence-corrected chi connectivity index (χ0v) is 15.0. The number of amides is 1. The second kappa shape index (κ2) is 7.35. The molecule has 1 amide bonds. The van der Waals surface area contributed by atoms with Crippen molar-refractivity contribution >= 4 is 15.7 Å². The number of sulfone groups is 1. The number of carbonyl (C=O) groups excluding carboxylic acids is 1. The molecule has 1 atom stereocenters. The predicted molar refractivity (Wildman–Crippen MR) is 94.4 cm³/mol. The quantitative estimate of drug-likeness (QED) is 0.781. The van der Waals surface area contributed by atoms with Crippen molar-refractivity contribution in [3.63, 3.8) is 0 Å². The average molecular weight is 362 g/mol. The number of carbonyl (C=O) groups is 1. The maximum absolute atomic E-state index is 12.9. The maximum Gasteiger partial charge on any atom is 0.276 e. The summed E-state index contributed by atoms with van der Waals surface area (Å²) >= 11 is 0. The normalized spacial score (nSPS) is 19.0. The summed E-state index contributed by atoms with van der Waals surface area (Å²) in [6.45, 7) is 2.58. The summed E-state index contributed by atoms with van der Waals surface area (Å²) in [6.07, 6.45) is 3.69. The van der Waals surface area contributed by atoms with Crippen LogP contribution in [0.15, 0.2) is 36.5 Å². The molecule has 1 saturated heterocycles. The van der Waals surface area contributed by atoms with E-state index in [0.717, 1.165) is 18.5 Å². The summed E-state index contributed by atoms with van der Waals surface area (Å²) in [4.78, 5) is 16.0. The average Bonchev–Trinajstić information content (AvgIpc) is 3.23. The second-order valence-electron chi connectivity index (χ2n) is 6.26. The Bertz CT molecular complexity index is 833. The molecule has 0 bridgehead atoms. The number of benzene rings is 1. The molecule has 0 aliphatic carbocycles. The standard InChI is InChI=1S/C17H22N4O3S/c1-2-3-10-20(15-9-11-25(23,24)13-15)17(22)16-12-18-21(19-16)14-7-5-4-6-8-14/h4-8,12,15H,2-3,9-11,13H2,1H3. The van der Waals surface area contributed by atoms with E-state index in [1.54, 1.807) is 4.90 Å². The van der Waals surface area contributed by atoms with Crippen LogP contribution in [0.2, 0.25) is 0 Å². The van der Waals surface area contributed by atoms with Crippen molar-refractivity contribution in [3.8, 4) is 5.69 Å². The van der Waals surface area contributed by atoms with Gasteiger partial charge in [-0.3, -0.25) is 4.79 Å². The molecule has 2 aromatic rings. The van der Waals surface area contributed by atoms with Gasteiger partial charge >= 0.3 is 0 Å². The van der Waals surface area contributed by atoms with Gasteiger partial charge in [0, 0.05) is 12.6 Å². The summed E-state index contributed by atoms with van der Waals surface area (Å²) in [6, 6.07) is 9.07. The Morgan fingerprint density at radius 3 is 2.72 bits per heavy atom. The van der Waals surface area contributed by atoms with Gasteiger partial charge in [-0.1, -0.05) is 31.5 Å². The van der Waals surface area contributed by atoms with Crippen LogP contribution in [0, 0.1) is 0 Å². The second-order valence-corrected chi connectivity index (χ2v) is 8.49. The molecule has 2 heterocycles. The molecule has 0 N–H and O–H groups in total. The monoisotopic (exact) mass is 362 g/mol. The Hall–Kier alpha value is -2.22. The Morgan fingerprint density at radius 2 is 2.08 bits per heavy atom. The van der Waals surface area contributed by atoms with Gasteiger partial charge in [-0.05, 0) is 25.0 Å². The van der Waals surface area contributed by atoms with Gasteiger partial charge in [0.1, 0.15) is 0 Å². The van der Waals surface area contributed by atoms with E-state index in [1.807, 2.05) is 37.3 Å². The molecule has 1 unspecified atom stereocenters. The lowest BCUT2D eigenvalue weighted by molar-refractivity contribution is 0.0687. The SMILES string of the molecule is CCCCN(C(=O)c1cnn(-c2ccccc2)n1)C1CCS(=O)(=O)C1. The first kappa shape index (κ1) is 17.6. The number of hydrogen-bond acceptors (Lipinski definition) is 5. The number of rotatable bonds is 6. The van der Waals surface area contributed by atoms with E-state index in [9.17, 15) is 13.2 Å². The molecule has 25 heavy (non-hydrogen) atoms. The Morgan fingerprint density at radius 1 is 1.32 bits per heavy atom.